The van der Waals surface area contributed by atoms with Gasteiger partial charge in [0.15, 0.2) is 11.6 Å². The van der Waals surface area contributed by atoms with Crippen LogP contribution in [0, 0.1) is 5.82 Å². The minimum Gasteiger partial charge on any atom is -0.494 e. The number of nitrogens with zero attached hydrogens (tertiary/aromatic N) is 2. The number of halogens is 1. The zero-order valence-electron chi connectivity index (χ0n) is 12.6. The fourth-order valence-corrected chi connectivity index (χ4v) is 2.73. The van der Waals surface area contributed by atoms with Crippen molar-refractivity contribution in [2.75, 3.05) is 40.8 Å². The van der Waals surface area contributed by atoms with Crippen molar-refractivity contribution in [1.82, 2.24) is 9.80 Å². The van der Waals surface area contributed by atoms with Crippen LogP contribution in [0.25, 0.3) is 0 Å². The Morgan fingerprint density at radius 3 is 2.81 bits per heavy atom. The van der Waals surface area contributed by atoms with E-state index >= 15 is 0 Å². The van der Waals surface area contributed by atoms with Crippen molar-refractivity contribution >= 4 is 5.91 Å². The molecule has 1 saturated heterocycles. The van der Waals surface area contributed by atoms with Gasteiger partial charge >= 0.3 is 0 Å². The van der Waals surface area contributed by atoms with Crippen LogP contribution in [-0.2, 0) is 0 Å². The molecule has 1 aliphatic heterocycles. The second kappa shape index (κ2) is 5.99. The molecular formula is C15H21FN2O3. The van der Waals surface area contributed by atoms with Crippen molar-refractivity contribution in [2.24, 2.45) is 0 Å². The van der Waals surface area contributed by atoms with Crippen LogP contribution < -0.4 is 4.74 Å². The molecule has 1 aromatic carbocycles. The number of rotatable bonds is 4. The summed E-state index contributed by atoms with van der Waals surface area (Å²) in [6, 6.07) is 4.14. The third-order valence-corrected chi connectivity index (χ3v) is 3.63. The van der Waals surface area contributed by atoms with Crippen molar-refractivity contribution < 1.29 is 19.0 Å². The molecule has 1 atom stereocenters. The molecule has 0 aromatic heterocycles. The Morgan fingerprint density at radius 2 is 2.24 bits per heavy atom. The second-order valence-electron chi connectivity index (χ2n) is 5.79. The maximum atomic E-state index is 13.7. The fourth-order valence-electron chi connectivity index (χ4n) is 2.73. The number of carbonyl (C=O) groups excluding carboxylic acids is 1. The van der Waals surface area contributed by atoms with Gasteiger partial charge in [-0.3, -0.25) is 4.79 Å². The summed E-state index contributed by atoms with van der Waals surface area (Å²) in [5.41, 5.74) is -0.633. The van der Waals surface area contributed by atoms with Crippen LogP contribution in [0.2, 0.25) is 0 Å². The van der Waals surface area contributed by atoms with Gasteiger partial charge in [0, 0.05) is 18.7 Å². The molecule has 6 heteroatoms. The van der Waals surface area contributed by atoms with Gasteiger partial charge in [0.05, 0.1) is 19.3 Å². The molecule has 1 amide bonds. The predicted molar refractivity (Wildman–Crippen MR) is 77.0 cm³/mol. The molecule has 5 nitrogen and oxygen atoms in total. The highest BCUT2D eigenvalue weighted by molar-refractivity contribution is 5.94. The Labute approximate surface area is 123 Å². The molecular weight excluding hydrogens is 275 g/mol. The maximum Gasteiger partial charge on any atom is 0.254 e. The van der Waals surface area contributed by atoms with Crippen LogP contribution >= 0.6 is 0 Å². The lowest BCUT2D eigenvalue weighted by atomic mass is 10.0. The first-order valence-corrected chi connectivity index (χ1v) is 6.84. The summed E-state index contributed by atoms with van der Waals surface area (Å²) in [6.07, 6.45) is 0.523. The molecule has 2 rings (SSSR count). The number of methoxy groups -OCH3 is 1. The average molecular weight is 296 g/mol. The van der Waals surface area contributed by atoms with E-state index in [1.165, 1.54) is 25.3 Å². The van der Waals surface area contributed by atoms with Crippen LogP contribution in [0.1, 0.15) is 16.8 Å². The zero-order chi connectivity index (χ0) is 15.6. The van der Waals surface area contributed by atoms with Gasteiger partial charge in [-0.2, -0.15) is 0 Å². The highest BCUT2D eigenvalue weighted by atomic mass is 19.1. The van der Waals surface area contributed by atoms with E-state index in [2.05, 4.69) is 0 Å². The molecule has 116 valence electrons. The first-order chi connectivity index (χ1) is 9.84. The molecule has 0 aliphatic carbocycles. The standard InChI is InChI=1S/C15H21FN2O3/c1-17(2)9-15(20)6-7-18(10-15)14(19)11-4-5-13(21-3)12(16)8-11/h4-5,8,20H,6-7,9-10H2,1-3H3/t15-/m1/s1. The SMILES string of the molecule is COc1ccc(C(=O)N2CC[C@@](O)(CN(C)C)C2)cc1F. The van der Waals surface area contributed by atoms with E-state index in [1.807, 2.05) is 19.0 Å². The van der Waals surface area contributed by atoms with Gasteiger partial charge < -0.3 is 19.6 Å². The van der Waals surface area contributed by atoms with Crippen LogP contribution in [0.4, 0.5) is 4.39 Å². The minimum atomic E-state index is -0.899. The molecule has 1 heterocycles. The smallest absolute Gasteiger partial charge is 0.254 e. The Bertz CT molecular complexity index is 536. The van der Waals surface area contributed by atoms with E-state index in [4.69, 9.17) is 4.74 Å². The van der Waals surface area contributed by atoms with Crippen molar-refractivity contribution in [1.29, 1.82) is 0 Å². The van der Waals surface area contributed by atoms with E-state index in [0.29, 0.717) is 19.5 Å². The average Bonchev–Trinajstić information content (AvgIpc) is 2.79. The molecule has 0 bridgehead atoms. The molecule has 0 radical (unpaired) electrons. The van der Waals surface area contributed by atoms with Crippen LogP contribution in [0.5, 0.6) is 5.75 Å². The number of β-amino-alcohol motifs (C(OH)–C–C–N with tert-alkyl or cyclic N) is 1. The molecule has 1 N–H and O–H groups in total. The van der Waals surface area contributed by atoms with Gasteiger partial charge in [0.2, 0.25) is 0 Å². The van der Waals surface area contributed by atoms with Gasteiger partial charge in [-0.05, 0) is 38.7 Å². The number of amides is 1. The van der Waals surface area contributed by atoms with E-state index in [1.54, 1.807) is 4.90 Å². The van der Waals surface area contributed by atoms with E-state index in [-0.39, 0.29) is 23.8 Å². The minimum absolute atomic E-state index is 0.108. The van der Waals surface area contributed by atoms with Gasteiger partial charge in [-0.25, -0.2) is 4.39 Å². The van der Waals surface area contributed by atoms with Crippen LogP contribution in [-0.4, -0.2) is 67.3 Å². The Morgan fingerprint density at radius 1 is 1.52 bits per heavy atom. The van der Waals surface area contributed by atoms with Crippen LogP contribution in [0.3, 0.4) is 0 Å². The summed E-state index contributed by atoms with van der Waals surface area (Å²) >= 11 is 0. The monoisotopic (exact) mass is 296 g/mol. The number of ether oxygens (including phenoxy) is 1. The van der Waals surface area contributed by atoms with Crippen molar-refractivity contribution in [3.63, 3.8) is 0 Å². The molecule has 0 saturated carbocycles. The number of likely N-dealkylation sites (N-methyl/N-ethyl adjacent to an activating group) is 1. The van der Waals surface area contributed by atoms with Crippen molar-refractivity contribution in [3.05, 3.63) is 29.6 Å². The lowest BCUT2D eigenvalue weighted by Gasteiger charge is -2.26. The summed E-state index contributed by atoms with van der Waals surface area (Å²) in [7, 11) is 5.13. The lowest BCUT2D eigenvalue weighted by molar-refractivity contribution is 0.0236. The molecule has 1 aromatic rings. The topological polar surface area (TPSA) is 53.0 Å². The predicted octanol–water partition coefficient (Wildman–Crippen LogP) is 0.973. The Balaban J connectivity index is 2.09. The highest BCUT2D eigenvalue weighted by Gasteiger charge is 2.38. The fraction of sp³-hybridized carbons (Fsp3) is 0.533. The Hall–Kier alpha value is -1.66. The van der Waals surface area contributed by atoms with Gasteiger partial charge in [-0.1, -0.05) is 0 Å². The summed E-state index contributed by atoms with van der Waals surface area (Å²) in [4.78, 5) is 15.8. The summed E-state index contributed by atoms with van der Waals surface area (Å²) in [6.45, 7) is 1.22. The third kappa shape index (κ3) is 3.51. The van der Waals surface area contributed by atoms with Crippen molar-refractivity contribution in [2.45, 2.75) is 12.0 Å². The van der Waals surface area contributed by atoms with E-state index in [9.17, 15) is 14.3 Å². The molecule has 1 aliphatic rings. The largest absolute Gasteiger partial charge is 0.494 e. The molecule has 0 spiro atoms. The second-order valence-corrected chi connectivity index (χ2v) is 5.79. The van der Waals surface area contributed by atoms with Crippen LogP contribution in [0.15, 0.2) is 18.2 Å². The molecule has 21 heavy (non-hydrogen) atoms. The highest BCUT2D eigenvalue weighted by Crippen LogP contribution is 2.25. The summed E-state index contributed by atoms with van der Waals surface area (Å²) in [5, 5.41) is 10.4. The number of likely N-dealkylation sites (tertiary alicyclic amines) is 1. The maximum absolute atomic E-state index is 13.7. The number of hydrogen-bond donors (Lipinski definition) is 1. The number of hydrogen-bond acceptors (Lipinski definition) is 4. The van der Waals surface area contributed by atoms with Gasteiger partial charge in [-0.15, -0.1) is 0 Å². The summed E-state index contributed by atoms with van der Waals surface area (Å²) < 4.78 is 18.5. The molecule has 1 fully saturated rings. The quantitative estimate of drug-likeness (QED) is 0.899. The third-order valence-electron chi connectivity index (χ3n) is 3.63. The number of benzene rings is 1. The Kier molecular flexibility index (Phi) is 4.49. The number of carbonyl (C=O) groups is 1. The first-order valence-electron chi connectivity index (χ1n) is 6.84. The number of aliphatic hydroxyl groups is 1. The zero-order valence-corrected chi connectivity index (χ0v) is 12.6. The van der Waals surface area contributed by atoms with Gasteiger partial charge in [0.1, 0.15) is 0 Å². The van der Waals surface area contributed by atoms with Crippen molar-refractivity contribution in [3.8, 4) is 5.75 Å². The van der Waals surface area contributed by atoms with E-state index < -0.39 is 11.4 Å². The van der Waals surface area contributed by atoms with E-state index in [0.717, 1.165) is 0 Å². The summed E-state index contributed by atoms with van der Waals surface area (Å²) in [5.74, 6) is -0.727. The normalized spacial score (nSPS) is 21.9. The first kappa shape index (κ1) is 15.7. The van der Waals surface area contributed by atoms with Gasteiger partial charge in [0.25, 0.3) is 5.91 Å². The molecule has 0 unspecified atom stereocenters. The lowest BCUT2D eigenvalue weighted by Crippen LogP contribution is -2.43.